The number of carbonyl (C=O) groups is 1. The van der Waals surface area contributed by atoms with Gasteiger partial charge in [0.25, 0.3) is 0 Å². The highest BCUT2D eigenvalue weighted by atomic mass is 35.5. The zero-order valence-corrected chi connectivity index (χ0v) is 13.1. The van der Waals surface area contributed by atoms with E-state index in [0.717, 1.165) is 31.7 Å². The number of nitrogens with zero attached hydrogens (tertiary/aromatic N) is 2. The molecule has 1 aromatic carbocycles. The van der Waals surface area contributed by atoms with Gasteiger partial charge in [-0.1, -0.05) is 23.7 Å². The molecule has 0 unspecified atom stereocenters. The molecule has 0 saturated carbocycles. The van der Waals surface area contributed by atoms with Gasteiger partial charge in [-0.25, -0.2) is 0 Å². The maximum Gasteiger partial charge on any atom is 0.238 e. The van der Waals surface area contributed by atoms with E-state index in [4.69, 9.17) is 16.7 Å². The van der Waals surface area contributed by atoms with Crippen LogP contribution in [-0.2, 0) is 4.79 Å². The fraction of sp³-hybridized carbons (Fsp3) is 0.533. The zero-order valence-electron chi connectivity index (χ0n) is 12.3. The molecule has 1 amide bonds. The first-order valence-corrected chi connectivity index (χ1v) is 7.58. The van der Waals surface area contributed by atoms with E-state index < -0.39 is 0 Å². The van der Waals surface area contributed by atoms with Crippen LogP contribution >= 0.6 is 11.6 Å². The second-order valence-electron chi connectivity index (χ2n) is 5.32. The van der Waals surface area contributed by atoms with Crippen molar-refractivity contribution < 1.29 is 9.90 Å². The van der Waals surface area contributed by atoms with E-state index in [9.17, 15) is 4.79 Å². The Kier molecular flexibility index (Phi) is 5.99. The van der Waals surface area contributed by atoms with Crippen molar-refractivity contribution in [3.05, 3.63) is 28.8 Å². The topological polar surface area (TPSA) is 55.8 Å². The van der Waals surface area contributed by atoms with Crippen molar-refractivity contribution in [1.82, 2.24) is 9.80 Å². The summed E-state index contributed by atoms with van der Waals surface area (Å²) in [6, 6.07) is 5.57. The van der Waals surface area contributed by atoms with E-state index >= 15 is 0 Å². The molecule has 2 rings (SSSR count). The summed E-state index contributed by atoms with van der Waals surface area (Å²) >= 11 is 6.11. The highest BCUT2D eigenvalue weighted by Gasteiger charge is 2.19. The van der Waals surface area contributed by atoms with Crippen molar-refractivity contribution >= 4 is 23.2 Å². The fourth-order valence-corrected chi connectivity index (χ4v) is 2.75. The third-order valence-electron chi connectivity index (χ3n) is 3.73. The SMILES string of the molecule is Cc1cccc(Cl)c1NC(=O)CN1CCN(CCO)CC1. The van der Waals surface area contributed by atoms with Crippen LogP contribution in [0.1, 0.15) is 5.56 Å². The fourth-order valence-electron chi connectivity index (χ4n) is 2.48. The molecule has 0 aromatic heterocycles. The largest absolute Gasteiger partial charge is 0.395 e. The minimum absolute atomic E-state index is 0.0400. The molecule has 1 aliphatic heterocycles. The van der Waals surface area contributed by atoms with Crippen LogP contribution in [0.4, 0.5) is 5.69 Å². The highest BCUT2D eigenvalue weighted by Crippen LogP contribution is 2.25. The van der Waals surface area contributed by atoms with Crippen molar-refractivity contribution in [2.75, 3.05) is 51.2 Å². The smallest absolute Gasteiger partial charge is 0.238 e. The molecule has 0 radical (unpaired) electrons. The summed E-state index contributed by atoms with van der Waals surface area (Å²) in [7, 11) is 0. The first kappa shape index (κ1) is 16.2. The van der Waals surface area contributed by atoms with E-state index in [-0.39, 0.29) is 12.5 Å². The van der Waals surface area contributed by atoms with Crippen LogP contribution in [0.5, 0.6) is 0 Å². The molecule has 2 N–H and O–H groups in total. The lowest BCUT2D eigenvalue weighted by molar-refractivity contribution is -0.117. The number of halogens is 1. The molecule has 21 heavy (non-hydrogen) atoms. The molecular formula is C15H22ClN3O2. The number of rotatable bonds is 5. The number of aliphatic hydroxyl groups excluding tert-OH is 1. The Morgan fingerprint density at radius 1 is 1.29 bits per heavy atom. The maximum absolute atomic E-state index is 12.1. The molecule has 1 aromatic rings. The average Bonchev–Trinajstić information content (AvgIpc) is 2.45. The Hall–Kier alpha value is -1.14. The number of hydrogen-bond donors (Lipinski definition) is 2. The van der Waals surface area contributed by atoms with Crippen molar-refractivity contribution in [2.24, 2.45) is 0 Å². The van der Waals surface area contributed by atoms with E-state index in [1.54, 1.807) is 6.07 Å². The number of β-amino-alcohol motifs (C(OH)–C–C–N with tert-alkyl or cyclic N) is 1. The van der Waals surface area contributed by atoms with Crippen molar-refractivity contribution in [3.8, 4) is 0 Å². The number of aryl methyl sites for hydroxylation is 1. The van der Waals surface area contributed by atoms with Crippen LogP contribution in [-0.4, -0.2) is 66.7 Å². The zero-order chi connectivity index (χ0) is 15.2. The molecule has 5 nitrogen and oxygen atoms in total. The monoisotopic (exact) mass is 311 g/mol. The van der Waals surface area contributed by atoms with Gasteiger partial charge in [-0.3, -0.25) is 14.6 Å². The molecule has 1 heterocycles. The number of carbonyl (C=O) groups excluding carboxylic acids is 1. The predicted octanol–water partition coefficient (Wildman–Crippen LogP) is 1.20. The summed E-state index contributed by atoms with van der Waals surface area (Å²) in [4.78, 5) is 16.4. The lowest BCUT2D eigenvalue weighted by Gasteiger charge is -2.33. The Morgan fingerprint density at radius 2 is 1.95 bits per heavy atom. The van der Waals surface area contributed by atoms with Gasteiger partial charge in [-0.2, -0.15) is 0 Å². The van der Waals surface area contributed by atoms with Gasteiger partial charge in [0.1, 0.15) is 0 Å². The Labute approximate surface area is 130 Å². The third-order valence-corrected chi connectivity index (χ3v) is 4.05. The van der Waals surface area contributed by atoms with Crippen molar-refractivity contribution in [1.29, 1.82) is 0 Å². The van der Waals surface area contributed by atoms with E-state index in [1.807, 2.05) is 19.1 Å². The molecule has 6 heteroatoms. The van der Waals surface area contributed by atoms with E-state index in [1.165, 1.54) is 0 Å². The number of piperazine rings is 1. The molecule has 116 valence electrons. The Bertz CT molecular complexity index is 468. The van der Waals surface area contributed by atoms with Crippen molar-refractivity contribution in [2.45, 2.75) is 6.92 Å². The Morgan fingerprint density at radius 3 is 2.57 bits per heavy atom. The average molecular weight is 312 g/mol. The van der Waals surface area contributed by atoms with Gasteiger partial charge < -0.3 is 10.4 Å². The van der Waals surface area contributed by atoms with Crippen LogP contribution < -0.4 is 5.32 Å². The highest BCUT2D eigenvalue weighted by molar-refractivity contribution is 6.33. The number of benzene rings is 1. The van der Waals surface area contributed by atoms with Crippen LogP contribution in [0.2, 0.25) is 5.02 Å². The normalized spacial score (nSPS) is 16.9. The van der Waals surface area contributed by atoms with Gasteiger partial charge in [0.15, 0.2) is 0 Å². The number of anilines is 1. The molecule has 1 fully saturated rings. The second kappa shape index (κ2) is 7.75. The number of nitrogens with one attached hydrogen (secondary N) is 1. The number of para-hydroxylation sites is 1. The first-order chi connectivity index (χ1) is 10.1. The van der Waals surface area contributed by atoms with Crippen molar-refractivity contribution in [3.63, 3.8) is 0 Å². The number of amides is 1. The van der Waals surface area contributed by atoms with E-state index in [0.29, 0.717) is 23.8 Å². The maximum atomic E-state index is 12.1. The predicted molar refractivity (Wildman–Crippen MR) is 84.8 cm³/mol. The van der Waals surface area contributed by atoms with Gasteiger partial charge in [0.05, 0.1) is 23.9 Å². The molecule has 0 bridgehead atoms. The summed E-state index contributed by atoms with van der Waals surface area (Å²) < 4.78 is 0. The minimum Gasteiger partial charge on any atom is -0.395 e. The molecule has 0 atom stereocenters. The summed E-state index contributed by atoms with van der Waals surface area (Å²) in [6.07, 6.45) is 0. The standard InChI is InChI=1S/C15H22ClN3O2/c1-12-3-2-4-13(16)15(12)17-14(21)11-19-7-5-18(6-8-19)9-10-20/h2-4,20H,5-11H2,1H3,(H,17,21). The van der Waals surface area contributed by atoms with Crippen LogP contribution in [0.25, 0.3) is 0 Å². The third kappa shape index (κ3) is 4.68. The van der Waals surface area contributed by atoms with Crippen LogP contribution in [0, 0.1) is 6.92 Å². The lowest BCUT2D eigenvalue weighted by Crippen LogP contribution is -2.49. The second-order valence-corrected chi connectivity index (χ2v) is 5.73. The summed E-state index contributed by atoms with van der Waals surface area (Å²) in [5.41, 5.74) is 1.66. The lowest BCUT2D eigenvalue weighted by atomic mass is 10.2. The summed E-state index contributed by atoms with van der Waals surface area (Å²) in [5, 5.41) is 12.4. The molecular weight excluding hydrogens is 290 g/mol. The van der Waals surface area contributed by atoms with Gasteiger partial charge >= 0.3 is 0 Å². The van der Waals surface area contributed by atoms with Gasteiger partial charge in [-0.05, 0) is 18.6 Å². The minimum atomic E-state index is -0.0400. The van der Waals surface area contributed by atoms with Crippen LogP contribution in [0.3, 0.4) is 0 Å². The van der Waals surface area contributed by atoms with E-state index in [2.05, 4.69) is 15.1 Å². The summed E-state index contributed by atoms with van der Waals surface area (Å²) in [6.45, 7) is 6.65. The van der Waals surface area contributed by atoms with Gasteiger partial charge in [-0.15, -0.1) is 0 Å². The van der Waals surface area contributed by atoms with Gasteiger partial charge in [0, 0.05) is 32.7 Å². The Balaban J connectivity index is 1.83. The molecule has 1 aliphatic rings. The molecule has 0 spiro atoms. The van der Waals surface area contributed by atoms with Gasteiger partial charge in [0.2, 0.25) is 5.91 Å². The van der Waals surface area contributed by atoms with Crippen LogP contribution in [0.15, 0.2) is 18.2 Å². The summed E-state index contributed by atoms with van der Waals surface area (Å²) in [5.74, 6) is -0.0400. The number of aliphatic hydroxyl groups is 1. The number of hydrogen-bond acceptors (Lipinski definition) is 4. The quantitative estimate of drug-likeness (QED) is 0.858. The molecule has 1 saturated heterocycles. The molecule has 0 aliphatic carbocycles. The first-order valence-electron chi connectivity index (χ1n) is 7.20.